The Morgan fingerprint density at radius 1 is 0.767 bits per heavy atom. The monoisotopic (exact) mass is 439 g/mol. The van der Waals surface area contributed by atoms with Gasteiger partial charge < -0.3 is 9.64 Å². The van der Waals surface area contributed by atoms with Crippen LogP contribution in [0, 0.1) is 0 Å². The predicted molar refractivity (Wildman–Crippen MR) is 129 cm³/mol. The quantitative estimate of drug-likeness (QED) is 0.326. The van der Waals surface area contributed by atoms with E-state index >= 15 is 0 Å². The highest BCUT2D eigenvalue weighted by molar-refractivity contribution is 6.53. The summed E-state index contributed by atoms with van der Waals surface area (Å²) in [6, 6.07) is 25.9. The van der Waals surface area contributed by atoms with Crippen LogP contribution in [0.15, 0.2) is 78.9 Å². The van der Waals surface area contributed by atoms with Crippen LogP contribution in [0.1, 0.15) is 30.5 Å². The Bertz CT molecular complexity index is 947. The molecule has 0 aliphatic heterocycles. The highest BCUT2D eigenvalue weighted by Gasteiger charge is 2.13. The van der Waals surface area contributed by atoms with Crippen molar-refractivity contribution >= 4 is 33.8 Å². The summed E-state index contributed by atoms with van der Waals surface area (Å²) in [5.74, 6) is 0.862. The fourth-order valence-electron chi connectivity index (χ4n) is 3.32. The Balaban J connectivity index is 1.88. The van der Waals surface area contributed by atoms with Crippen molar-refractivity contribution in [1.29, 1.82) is 0 Å². The number of hydrogen-bond acceptors (Lipinski definition) is 2. The minimum absolute atomic E-state index is 0.675. The largest absolute Gasteiger partial charge is 0.492 e. The number of ether oxygens (including phenoxy) is 1. The van der Waals surface area contributed by atoms with E-state index < -0.39 is 0 Å². The number of benzene rings is 3. The molecular weight excluding hydrogens is 413 g/mol. The van der Waals surface area contributed by atoms with E-state index in [-0.39, 0.29) is 0 Å². The van der Waals surface area contributed by atoms with Gasteiger partial charge in [0, 0.05) is 17.1 Å². The highest BCUT2D eigenvalue weighted by Crippen LogP contribution is 2.35. The number of halogens is 2. The van der Waals surface area contributed by atoms with Crippen LogP contribution in [-0.2, 0) is 0 Å². The number of rotatable bonds is 9. The first-order chi connectivity index (χ1) is 14.6. The zero-order valence-corrected chi connectivity index (χ0v) is 19.0. The molecule has 30 heavy (non-hydrogen) atoms. The lowest BCUT2D eigenvalue weighted by Crippen LogP contribution is -2.27. The van der Waals surface area contributed by atoms with Crippen molar-refractivity contribution in [2.45, 2.75) is 13.8 Å². The fraction of sp³-hybridized carbons (Fsp3) is 0.231. The lowest BCUT2D eigenvalue weighted by Gasteiger charge is -2.18. The molecule has 0 spiro atoms. The van der Waals surface area contributed by atoms with Crippen molar-refractivity contribution in [1.82, 2.24) is 4.90 Å². The van der Waals surface area contributed by atoms with E-state index in [1.54, 1.807) is 0 Å². The predicted octanol–water partition coefficient (Wildman–Crippen LogP) is 7.22. The highest BCUT2D eigenvalue weighted by atomic mass is 35.5. The van der Waals surface area contributed by atoms with Gasteiger partial charge in [-0.2, -0.15) is 0 Å². The Hall–Kier alpha value is -2.26. The summed E-state index contributed by atoms with van der Waals surface area (Å²) in [4.78, 5) is 2.34. The Kier molecular flexibility index (Phi) is 8.39. The molecule has 0 unspecified atom stereocenters. The topological polar surface area (TPSA) is 12.5 Å². The third kappa shape index (κ3) is 5.89. The molecule has 0 N–H and O–H groups in total. The average molecular weight is 440 g/mol. The standard InChI is InChI=1S/C26H27Cl2NO/c1-3-29(4-2)18-19-30-24-16-12-21(13-17-24)25(20-8-6-5-7-9-20)26(28)22-10-14-23(27)15-11-22/h5-17H,3-4,18-19H2,1-2H3. The molecule has 3 aromatic rings. The third-order valence-corrected chi connectivity index (χ3v) is 5.75. The Morgan fingerprint density at radius 2 is 1.33 bits per heavy atom. The van der Waals surface area contributed by atoms with Crippen LogP contribution in [0.3, 0.4) is 0 Å². The van der Waals surface area contributed by atoms with Gasteiger partial charge in [0.15, 0.2) is 0 Å². The molecule has 156 valence electrons. The normalized spacial score (nSPS) is 12.0. The summed E-state index contributed by atoms with van der Waals surface area (Å²) in [6.07, 6.45) is 0. The molecule has 3 rings (SSSR count). The van der Waals surface area contributed by atoms with Crippen molar-refractivity contribution in [2.24, 2.45) is 0 Å². The minimum Gasteiger partial charge on any atom is -0.492 e. The van der Waals surface area contributed by atoms with Gasteiger partial charge in [-0.15, -0.1) is 0 Å². The van der Waals surface area contributed by atoms with Gasteiger partial charge in [0.2, 0.25) is 0 Å². The van der Waals surface area contributed by atoms with Crippen LogP contribution in [0.4, 0.5) is 0 Å². The third-order valence-electron chi connectivity index (χ3n) is 5.09. The van der Waals surface area contributed by atoms with Crippen LogP contribution in [0.5, 0.6) is 5.75 Å². The molecule has 0 saturated heterocycles. The van der Waals surface area contributed by atoms with Gasteiger partial charge in [-0.3, -0.25) is 0 Å². The van der Waals surface area contributed by atoms with E-state index in [1.807, 2.05) is 54.6 Å². The molecule has 0 aromatic heterocycles. The van der Waals surface area contributed by atoms with Gasteiger partial charge in [0.1, 0.15) is 12.4 Å². The van der Waals surface area contributed by atoms with Crippen molar-refractivity contribution in [3.63, 3.8) is 0 Å². The lowest BCUT2D eigenvalue weighted by atomic mass is 9.95. The fourth-order valence-corrected chi connectivity index (χ4v) is 3.79. The summed E-state index contributed by atoms with van der Waals surface area (Å²) < 4.78 is 5.93. The second kappa shape index (κ2) is 11.2. The molecule has 0 fully saturated rings. The minimum atomic E-state index is 0.675. The van der Waals surface area contributed by atoms with E-state index in [0.717, 1.165) is 47.6 Å². The number of nitrogens with zero attached hydrogens (tertiary/aromatic N) is 1. The van der Waals surface area contributed by atoms with E-state index in [4.69, 9.17) is 27.9 Å². The molecule has 0 amide bonds. The van der Waals surface area contributed by atoms with E-state index in [1.165, 1.54) is 0 Å². The summed E-state index contributed by atoms with van der Waals surface area (Å²) in [7, 11) is 0. The second-order valence-electron chi connectivity index (χ2n) is 6.96. The maximum atomic E-state index is 6.88. The molecule has 0 aliphatic carbocycles. The van der Waals surface area contributed by atoms with Crippen LogP contribution in [0.25, 0.3) is 10.6 Å². The molecular formula is C26H27Cl2NO. The molecule has 4 heteroatoms. The van der Waals surface area contributed by atoms with E-state index in [9.17, 15) is 0 Å². The second-order valence-corrected chi connectivity index (χ2v) is 7.78. The van der Waals surface area contributed by atoms with E-state index in [2.05, 4.69) is 43.0 Å². The molecule has 0 saturated carbocycles. The SMILES string of the molecule is CCN(CC)CCOc1ccc(C(=C(Cl)c2ccc(Cl)cc2)c2ccccc2)cc1. The first kappa shape index (κ1) is 22.4. The molecule has 0 radical (unpaired) electrons. The van der Waals surface area contributed by atoms with Crippen LogP contribution in [-0.4, -0.2) is 31.1 Å². The number of likely N-dealkylation sites (N-methyl/N-ethyl adjacent to an activating group) is 1. The van der Waals surface area contributed by atoms with Crippen LogP contribution >= 0.6 is 23.2 Å². The lowest BCUT2D eigenvalue weighted by molar-refractivity contribution is 0.223. The average Bonchev–Trinajstić information content (AvgIpc) is 2.79. The van der Waals surface area contributed by atoms with E-state index in [0.29, 0.717) is 16.7 Å². The summed E-state index contributed by atoms with van der Waals surface area (Å²) >= 11 is 12.9. The summed E-state index contributed by atoms with van der Waals surface area (Å²) in [5, 5.41) is 1.38. The van der Waals surface area contributed by atoms with Gasteiger partial charge in [0.05, 0.1) is 5.03 Å². The van der Waals surface area contributed by atoms with Gasteiger partial charge >= 0.3 is 0 Å². The Morgan fingerprint density at radius 3 is 1.93 bits per heavy atom. The maximum Gasteiger partial charge on any atom is 0.119 e. The molecule has 0 bridgehead atoms. The van der Waals surface area contributed by atoms with Gasteiger partial charge in [0.25, 0.3) is 0 Å². The van der Waals surface area contributed by atoms with Crippen LogP contribution in [0.2, 0.25) is 5.02 Å². The molecule has 0 atom stereocenters. The zero-order chi connectivity index (χ0) is 21.3. The summed E-state index contributed by atoms with van der Waals surface area (Å²) in [6.45, 7) is 8.00. The Labute approximate surface area is 189 Å². The van der Waals surface area contributed by atoms with Gasteiger partial charge in [-0.1, -0.05) is 91.6 Å². The molecule has 0 heterocycles. The summed E-state index contributed by atoms with van der Waals surface area (Å²) in [5.41, 5.74) is 4.01. The first-order valence-corrected chi connectivity index (χ1v) is 11.0. The smallest absolute Gasteiger partial charge is 0.119 e. The molecule has 0 aliphatic rings. The molecule has 2 nitrogen and oxygen atoms in total. The van der Waals surface area contributed by atoms with Crippen molar-refractivity contribution < 1.29 is 4.74 Å². The van der Waals surface area contributed by atoms with Crippen molar-refractivity contribution in [3.05, 3.63) is 101 Å². The van der Waals surface area contributed by atoms with Crippen molar-refractivity contribution in [3.8, 4) is 5.75 Å². The maximum absolute atomic E-state index is 6.88. The number of hydrogen-bond donors (Lipinski definition) is 0. The zero-order valence-electron chi connectivity index (χ0n) is 17.4. The van der Waals surface area contributed by atoms with Crippen LogP contribution < -0.4 is 4.74 Å². The van der Waals surface area contributed by atoms with Gasteiger partial charge in [-0.05, 0) is 54.0 Å². The first-order valence-electron chi connectivity index (χ1n) is 10.3. The van der Waals surface area contributed by atoms with Gasteiger partial charge in [-0.25, -0.2) is 0 Å². The van der Waals surface area contributed by atoms with Crippen molar-refractivity contribution in [2.75, 3.05) is 26.2 Å². The molecule has 3 aromatic carbocycles.